The SMILES string of the molecule is COc1ccc(-c2nnc(SCC(=O)c3ccc4c(c3)CCCC4)n2C[C@H]2CCCO2)cc1. The van der Waals surface area contributed by atoms with Crippen molar-refractivity contribution in [3.05, 3.63) is 59.2 Å². The molecule has 2 heterocycles. The molecule has 0 spiro atoms. The zero-order valence-corrected chi connectivity index (χ0v) is 19.8. The van der Waals surface area contributed by atoms with Gasteiger partial charge < -0.3 is 9.47 Å². The van der Waals surface area contributed by atoms with Gasteiger partial charge in [-0.25, -0.2) is 0 Å². The van der Waals surface area contributed by atoms with Gasteiger partial charge in [-0.2, -0.15) is 0 Å². The molecule has 1 aliphatic heterocycles. The van der Waals surface area contributed by atoms with Crippen LogP contribution in [-0.2, 0) is 24.1 Å². The molecular weight excluding hydrogens is 434 g/mol. The fourth-order valence-corrected chi connectivity index (χ4v) is 5.47. The predicted molar refractivity (Wildman–Crippen MR) is 129 cm³/mol. The molecular formula is C26H29N3O3S. The van der Waals surface area contributed by atoms with E-state index < -0.39 is 0 Å². The van der Waals surface area contributed by atoms with Crippen LogP contribution >= 0.6 is 11.8 Å². The Kier molecular flexibility index (Phi) is 6.78. The third kappa shape index (κ3) is 4.99. The average Bonchev–Trinajstić information content (AvgIpc) is 3.52. The molecule has 0 N–H and O–H groups in total. The van der Waals surface area contributed by atoms with E-state index in [-0.39, 0.29) is 11.9 Å². The van der Waals surface area contributed by atoms with E-state index >= 15 is 0 Å². The van der Waals surface area contributed by atoms with Crippen molar-refractivity contribution in [1.29, 1.82) is 0 Å². The number of thioether (sulfide) groups is 1. The van der Waals surface area contributed by atoms with Crippen molar-refractivity contribution >= 4 is 17.5 Å². The number of rotatable bonds is 8. The van der Waals surface area contributed by atoms with Gasteiger partial charge in [0.15, 0.2) is 16.8 Å². The van der Waals surface area contributed by atoms with Crippen molar-refractivity contribution in [1.82, 2.24) is 14.8 Å². The molecule has 172 valence electrons. The van der Waals surface area contributed by atoms with Gasteiger partial charge in [-0.05, 0) is 80.0 Å². The van der Waals surface area contributed by atoms with Crippen LogP contribution in [-0.4, -0.2) is 46.1 Å². The van der Waals surface area contributed by atoms with Crippen LogP contribution in [0.25, 0.3) is 11.4 Å². The van der Waals surface area contributed by atoms with Gasteiger partial charge in [-0.15, -0.1) is 10.2 Å². The molecule has 1 aliphatic carbocycles. The first-order chi connectivity index (χ1) is 16.2. The highest BCUT2D eigenvalue weighted by atomic mass is 32.2. The molecule has 1 aromatic heterocycles. The summed E-state index contributed by atoms with van der Waals surface area (Å²) in [5, 5.41) is 9.68. The lowest BCUT2D eigenvalue weighted by molar-refractivity contribution is 0.0953. The number of methoxy groups -OCH3 is 1. The maximum atomic E-state index is 13.0. The minimum Gasteiger partial charge on any atom is -0.497 e. The number of fused-ring (bicyclic) bond motifs is 1. The lowest BCUT2D eigenvalue weighted by Gasteiger charge is -2.16. The van der Waals surface area contributed by atoms with Gasteiger partial charge in [-0.1, -0.05) is 23.9 Å². The highest BCUT2D eigenvalue weighted by Crippen LogP contribution is 2.29. The largest absolute Gasteiger partial charge is 0.497 e. The number of hydrogen-bond donors (Lipinski definition) is 0. The van der Waals surface area contributed by atoms with Crippen LogP contribution in [0.3, 0.4) is 0 Å². The van der Waals surface area contributed by atoms with Gasteiger partial charge in [0, 0.05) is 17.7 Å². The topological polar surface area (TPSA) is 66.2 Å². The summed E-state index contributed by atoms with van der Waals surface area (Å²) in [4.78, 5) is 13.0. The van der Waals surface area contributed by atoms with E-state index in [1.165, 1.54) is 35.7 Å². The Bertz CT molecular complexity index is 1120. The van der Waals surface area contributed by atoms with Crippen molar-refractivity contribution in [3.63, 3.8) is 0 Å². The third-order valence-electron chi connectivity index (χ3n) is 6.48. The molecule has 1 atom stereocenters. The Morgan fingerprint density at radius 3 is 2.67 bits per heavy atom. The standard InChI is InChI=1S/C26H29N3O3S/c1-31-22-12-10-19(11-13-22)25-27-28-26(29(25)16-23-7-4-14-32-23)33-17-24(30)21-9-8-18-5-2-3-6-20(18)15-21/h8-13,15,23H,2-7,14,16-17H2,1H3/t23-/m1/s1. The number of ketones is 1. The second-order valence-corrected chi connectivity index (χ2v) is 9.63. The summed E-state index contributed by atoms with van der Waals surface area (Å²) in [6, 6.07) is 14.0. The monoisotopic (exact) mass is 463 g/mol. The smallest absolute Gasteiger partial charge is 0.192 e. The van der Waals surface area contributed by atoms with Crippen LogP contribution in [0, 0.1) is 0 Å². The number of ether oxygens (including phenoxy) is 2. The number of nitrogens with zero attached hydrogens (tertiary/aromatic N) is 3. The van der Waals surface area contributed by atoms with Gasteiger partial charge >= 0.3 is 0 Å². The number of carbonyl (C=O) groups is 1. The van der Waals surface area contributed by atoms with Crippen molar-refractivity contribution in [3.8, 4) is 17.1 Å². The van der Waals surface area contributed by atoms with Crippen LogP contribution in [0.15, 0.2) is 47.6 Å². The zero-order valence-electron chi connectivity index (χ0n) is 19.0. The molecule has 6 nitrogen and oxygen atoms in total. The van der Waals surface area contributed by atoms with E-state index in [0.717, 1.165) is 60.1 Å². The van der Waals surface area contributed by atoms with E-state index in [1.54, 1.807) is 7.11 Å². The van der Waals surface area contributed by atoms with Crippen LogP contribution in [0.5, 0.6) is 5.75 Å². The Morgan fingerprint density at radius 2 is 1.91 bits per heavy atom. The van der Waals surface area contributed by atoms with E-state index in [0.29, 0.717) is 12.3 Å². The van der Waals surface area contributed by atoms with Crippen molar-refractivity contribution in [2.45, 2.75) is 56.3 Å². The lowest BCUT2D eigenvalue weighted by atomic mass is 9.90. The Balaban J connectivity index is 1.35. The van der Waals surface area contributed by atoms with Crippen LogP contribution in [0.2, 0.25) is 0 Å². The second-order valence-electron chi connectivity index (χ2n) is 8.68. The highest BCUT2D eigenvalue weighted by molar-refractivity contribution is 7.99. The number of aryl methyl sites for hydroxylation is 2. The lowest BCUT2D eigenvalue weighted by Crippen LogP contribution is -2.17. The Labute approximate surface area is 198 Å². The average molecular weight is 464 g/mol. The molecule has 7 heteroatoms. The fraction of sp³-hybridized carbons (Fsp3) is 0.423. The van der Waals surface area contributed by atoms with Crippen LogP contribution < -0.4 is 4.74 Å². The number of Topliss-reactive ketones (excluding diaryl/α,β-unsaturated/α-hetero) is 1. The summed E-state index contributed by atoms with van der Waals surface area (Å²) >= 11 is 1.45. The number of benzene rings is 2. The first kappa shape index (κ1) is 22.2. The predicted octanol–water partition coefficient (Wildman–Crippen LogP) is 4.99. The molecule has 2 aliphatic rings. The summed E-state index contributed by atoms with van der Waals surface area (Å²) in [5.74, 6) is 2.06. The fourth-order valence-electron chi connectivity index (χ4n) is 4.63. The molecule has 33 heavy (non-hydrogen) atoms. The summed E-state index contributed by atoms with van der Waals surface area (Å²) in [7, 11) is 1.66. The van der Waals surface area contributed by atoms with Crippen LogP contribution in [0.4, 0.5) is 0 Å². The Morgan fingerprint density at radius 1 is 1.09 bits per heavy atom. The summed E-state index contributed by atoms with van der Waals surface area (Å²) in [6.07, 6.45) is 6.90. The van der Waals surface area contributed by atoms with E-state index in [4.69, 9.17) is 9.47 Å². The number of hydrogen-bond acceptors (Lipinski definition) is 6. The molecule has 0 radical (unpaired) electrons. The first-order valence-electron chi connectivity index (χ1n) is 11.7. The molecule has 1 saturated heterocycles. The minimum atomic E-state index is 0.131. The molecule has 0 saturated carbocycles. The third-order valence-corrected chi connectivity index (χ3v) is 7.44. The first-order valence-corrected chi connectivity index (χ1v) is 12.7. The zero-order chi connectivity index (χ0) is 22.6. The maximum absolute atomic E-state index is 13.0. The molecule has 2 aromatic carbocycles. The van der Waals surface area contributed by atoms with Crippen molar-refractivity contribution in [2.24, 2.45) is 0 Å². The van der Waals surface area contributed by atoms with Crippen molar-refractivity contribution < 1.29 is 14.3 Å². The van der Waals surface area contributed by atoms with Gasteiger partial charge in [0.25, 0.3) is 0 Å². The number of carbonyl (C=O) groups excluding carboxylic acids is 1. The quantitative estimate of drug-likeness (QED) is 0.346. The summed E-state index contributed by atoms with van der Waals surface area (Å²) in [6.45, 7) is 1.48. The van der Waals surface area contributed by atoms with Gasteiger partial charge in [-0.3, -0.25) is 9.36 Å². The molecule has 0 amide bonds. The maximum Gasteiger partial charge on any atom is 0.192 e. The van der Waals surface area contributed by atoms with Gasteiger partial charge in [0.2, 0.25) is 0 Å². The van der Waals surface area contributed by atoms with E-state index in [2.05, 4.69) is 26.9 Å². The second kappa shape index (κ2) is 10.1. The molecule has 3 aromatic rings. The summed E-state index contributed by atoms with van der Waals surface area (Å²) in [5.41, 5.74) is 4.49. The molecule has 1 fully saturated rings. The van der Waals surface area contributed by atoms with Gasteiger partial charge in [0.05, 0.1) is 25.5 Å². The summed E-state index contributed by atoms with van der Waals surface area (Å²) < 4.78 is 13.3. The molecule has 0 unspecified atom stereocenters. The van der Waals surface area contributed by atoms with Crippen molar-refractivity contribution in [2.75, 3.05) is 19.5 Å². The highest BCUT2D eigenvalue weighted by Gasteiger charge is 2.23. The minimum absolute atomic E-state index is 0.131. The van der Waals surface area contributed by atoms with Gasteiger partial charge in [0.1, 0.15) is 5.75 Å². The Hall–Kier alpha value is -2.64. The molecule has 0 bridgehead atoms. The van der Waals surface area contributed by atoms with E-state index in [1.807, 2.05) is 30.3 Å². The molecule has 5 rings (SSSR count). The normalized spacial score (nSPS) is 17.7. The number of aromatic nitrogens is 3. The van der Waals surface area contributed by atoms with Crippen LogP contribution in [0.1, 0.15) is 47.2 Å². The van der Waals surface area contributed by atoms with E-state index in [9.17, 15) is 4.79 Å².